The highest BCUT2D eigenvalue weighted by atomic mass is 32.2. The summed E-state index contributed by atoms with van der Waals surface area (Å²) in [5.74, 6) is 0.973. The van der Waals surface area contributed by atoms with Crippen LogP contribution >= 0.6 is 0 Å². The molecular weight excluding hydrogens is 447 g/mol. The number of sulfone groups is 1. The quantitative estimate of drug-likeness (QED) is 0.409. The maximum Gasteiger partial charge on any atom is 0.210 e. The smallest absolute Gasteiger partial charge is 0.210 e. The van der Waals surface area contributed by atoms with Gasteiger partial charge in [0.15, 0.2) is 11.5 Å². The largest absolute Gasteiger partial charge is 0.497 e. The lowest BCUT2D eigenvalue weighted by Crippen LogP contribution is -2.07. The maximum absolute atomic E-state index is 14.2. The summed E-state index contributed by atoms with van der Waals surface area (Å²) >= 11 is 0. The predicted molar refractivity (Wildman–Crippen MR) is 123 cm³/mol. The number of ether oxygens (including phenoxy) is 3. The van der Waals surface area contributed by atoms with E-state index in [-0.39, 0.29) is 15.5 Å². The van der Waals surface area contributed by atoms with E-state index >= 15 is 0 Å². The van der Waals surface area contributed by atoms with Crippen LogP contribution in [0, 0.1) is 5.82 Å². The second-order valence-electron chi connectivity index (χ2n) is 7.03. The first-order valence-corrected chi connectivity index (χ1v) is 11.3. The van der Waals surface area contributed by atoms with E-state index in [9.17, 15) is 12.8 Å². The second-order valence-corrected chi connectivity index (χ2v) is 8.95. The number of anilines is 2. The van der Waals surface area contributed by atoms with Crippen molar-refractivity contribution in [2.75, 3.05) is 26.6 Å². The lowest BCUT2D eigenvalue weighted by molar-refractivity contribution is 0.355. The topological polar surface area (TPSA) is 86.8 Å². The number of methoxy groups -OCH3 is 3. The Morgan fingerprint density at radius 2 is 1.58 bits per heavy atom. The normalized spacial score (nSPS) is 11.3. The van der Waals surface area contributed by atoms with Crippen LogP contribution in [0.1, 0.15) is 0 Å². The zero-order valence-electron chi connectivity index (χ0n) is 18.1. The third-order valence-electron chi connectivity index (χ3n) is 5.11. The summed E-state index contributed by atoms with van der Waals surface area (Å²) < 4.78 is 57.0. The fourth-order valence-electron chi connectivity index (χ4n) is 3.42. The number of rotatable bonds is 7. The van der Waals surface area contributed by atoms with Crippen LogP contribution in [-0.4, -0.2) is 34.7 Å². The monoisotopic (exact) mass is 468 g/mol. The molecule has 0 aliphatic heterocycles. The van der Waals surface area contributed by atoms with E-state index in [0.717, 1.165) is 0 Å². The third-order valence-corrected chi connectivity index (χ3v) is 6.89. The van der Waals surface area contributed by atoms with Gasteiger partial charge in [0, 0.05) is 23.3 Å². The Bertz CT molecular complexity index is 1420. The van der Waals surface area contributed by atoms with Gasteiger partial charge in [-0.3, -0.25) is 4.98 Å². The van der Waals surface area contributed by atoms with E-state index in [2.05, 4.69) is 10.3 Å². The molecule has 0 amide bonds. The van der Waals surface area contributed by atoms with Crippen molar-refractivity contribution in [3.8, 4) is 17.2 Å². The molecule has 4 aromatic rings. The number of pyridine rings is 1. The summed E-state index contributed by atoms with van der Waals surface area (Å²) in [7, 11) is 0.506. The van der Waals surface area contributed by atoms with Gasteiger partial charge in [0.2, 0.25) is 9.84 Å². The highest BCUT2D eigenvalue weighted by Gasteiger charge is 2.25. The molecule has 9 heteroatoms. The molecule has 0 fully saturated rings. The minimum atomic E-state index is -4.01. The van der Waals surface area contributed by atoms with E-state index in [4.69, 9.17) is 14.2 Å². The van der Waals surface area contributed by atoms with Gasteiger partial charge in [0.05, 0.1) is 37.4 Å². The number of nitrogens with one attached hydrogen (secondary N) is 1. The SMILES string of the molecule is COc1ccc(S(=O)(=O)c2cnc3ccc(F)cc3c2Nc2ccc(OC)c(OC)c2)cc1. The van der Waals surface area contributed by atoms with Crippen molar-refractivity contribution in [1.29, 1.82) is 0 Å². The van der Waals surface area contributed by atoms with E-state index in [0.29, 0.717) is 33.8 Å². The van der Waals surface area contributed by atoms with Crippen molar-refractivity contribution in [3.05, 3.63) is 72.7 Å². The Hall–Kier alpha value is -3.85. The van der Waals surface area contributed by atoms with Crippen molar-refractivity contribution < 1.29 is 27.0 Å². The molecule has 0 spiro atoms. The second kappa shape index (κ2) is 8.95. The zero-order valence-corrected chi connectivity index (χ0v) is 18.9. The van der Waals surface area contributed by atoms with Crippen LogP contribution in [0.5, 0.6) is 17.2 Å². The van der Waals surface area contributed by atoms with E-state index < -0.39 is 15.7 Å². The van der Waals surface area contributed by atoms with Crippen LogP contribution in [0.4, 0.5) is 15.8 Å². The van der Waals surface area contributed by atoms with Crippen LogP contribution in [0.25, 0.3) is 10.9 Å². The van der Waals surface area contributed by atoms with Crippen LogP contribution in [-0.2, 0) is 9.84 Å². The van der Waals surface area contributed by atoms with Crippen LogP contribution in [0.15, 0.2) is 76.7 Å². The fourth-order valence-corrected chi connectivity index (χ4v) is 4.79. The van der Waals surface area contributed by atoms with Crippen LogP contribution < -0.4 is 19.5 Å². The van der Waals surface area contributed by atoms with Gasteiger partial charge in [-0.1, -0.05) is 0 Å². The van der Waals surface area contributed by atoms with Gasteiger partial charge in [0.25, 0.3) is 0 Å². The van der Waals surface area contributed by atoms with Crippen molar-refractivity contribution >= 4 is 32.1 Å². The molecule has 170 valence electrons. The van der Waals surface area contributed by atoms with Crippen LogP contribution in [0.3, 0.4) is 0 Å². The molecule has 0 unspecified atom stereocenters. The number of benzene rings is 3. The molecule has 1 aromatic heterocycles. The van der Waals surface area contributed by atoms with Gasteiger partial charge < -0.3 is 19.5 Å². The molecule has 0 saturated carbocycles. The number of nitrogens with zero attached hydrogens (tertiary/aromatic N) is 1. The minimum Gasteiger partial charge on any atom is -0.497 e. The van der Waals surface area contributed by atoms with Crippen molar-refractivity contribution in [2.45, 2.75) is 9.79 Å². The average Bonchev–Trinajstić information content (AvgIpc) is 2.84. The van der Waals surface area contributed by atoms with Gasteiger partial charge in [-0.2, -0.15) is 0 Å². The Balaban J connectivity index is 1.91. The number of fused-ring (bicyclic) bond motifs is 1. The molecule has 0 saturated heterocycles. The maximum atomic E-state index is 14.2. The first-order chi connectivity index (χ1) is 15.9. The van der Waals surface area contributed by atoms with Gasteiger partial charge in [0.1, 0.15) is 16.5 Å². The predicted octanol–water partition coefficient (Wildman–Crippen LogP) is 4.98. The van der Waals surface area contributed by atoms with Crippen molar-refractivity contribution in [2.24, 2.45) is 0 Å². The molecular formula is C24H21FN2O5S. The molecule has 0 aliphatic carbocycles. The number of hydrogen-bond donors (Lipinski definition) is 1. The Morgan fingerprint density at radius 1 is 0.848 bits per heavy atom. The Labute approximate surface area is 190 Å². The lowest BCUT2D eigenvalue weighted by atomic mass is 10.1. The summed E-state index contributed by atoms with van der Waals surface area (Å²) in [6.45, 7) is 0. The molecule has 4 rings (SSSR count). The summed E-state index contributed by atoms with van der Waals surface area (Å²) in [6, 6.07) is 15.1. The Morgan fingerprint density at radius 3 is 2.24 bits per heavy atom. The highest BCUT2D eigenvalue weighted by Crippen LogP contribution is 2.37. The van der Waals surface area contributed by atoms with Crippen LogP contribution in [0.2, 0.25) is 0 Å². The summed E-state index contributed by atoms with van der Waals surface area (Å²) in [4.78, 5) is 4.21. The number of halogens is 1. The van der Waals surface area contributed by atoms with Gasteiger partial charge >= 0.3 is 0 Å². The summed E-state index contributed by atoms with van der Waals surface area (Å²) in [5, 5.41) is 3.44. The van der Waals surface area contributed by atoms with Crippen molar-refractivity contribution in [1.82, 2.24) is 4.98 Å². The van der Waals surface area contributed by atoms with Gasteiger partial charge in [-0.05, 0) is 54.6 Å². The molecule has 33 heavy (non-hydrogen) atoms. The van der Waals surface area contributed by atoms with E-state index in [1.54, 1.807) is 30.3 Å². The average molecular weight is 469 g/mol. The fraction of sp³-hybridized carbons (Fsp3) is 0.125. The van der Waals surface area contributed by atoms with Crippen molar-refractivity contribution in [3.63, 3.8) is 0 Å². The summed E-state index contributed by atoms with van der Waals surface area (Å²) in [6.07, 6.45) is 1.27. The molecule has 1 N–H and O–H groups in total. The number of hydrogen-bond acceptors (Lipinski definition) is 7. The number of aromatic nitrogens is 1. The van der Waals surface area contributed by atoms with E-state index in [1.807, 2.05) is 0 Å². The molecule has 0 bridgehead atoms. The minimum absolute atomic E-state index is 0.0521. The van der Waals surface area contributed by atoms with Gasteiger partial charge in [-0.15, -0.1) is 0 Å². The zero-order chi connectivity index (χ0) is 23.6. The lowest BCUT2D eigenvalue weighted by Gasteiger charge is -2.17. The molecule has 3 aromatic carbocycles. The molecule has 7 nitrogen and oxygen atoms in total. The van der Waals surface area contributed by atoms with E-state index in [1.165, 1.54) is 57.9 Å². The molecule has 0 radical (unpaired) electrons. The molecule has 1 heterocycles. The molecule has 0 aliphatic rings. The standard InChI is InChI=1S/C24H21FN2O5S/c1-30-17-6-8-18(9-7-17)33(28,29)23-14-26-20-10-4-15(25)12-19(20)24(23)27-16-5-11-21(31-2)22(13-16)32-3/h4-14H,1-3H3,(H,26,27). The summed E-state index contributed by atoms with van der Waals surface area (Å²) in [5.41, 5.74) is 1.16. The van der Waals surface area contributed by atoms with Gasteiger partial charge in [-0.25, -0.2) is 12.8 Å². The Kier molecular flexibility index (Phi) is 6.06. The third kappa shape index (κ3) is 4.27. The molecule has 0 atom stereocenters. The first-order valence-electron chi connectivity index (χ1n) is 9.84. The highest BCUT2D eigenvalue weighted by molar-refractivity contribution is 7.91. The first kappa shape index (κ1) is 22.3.